The van der Waals surface area contributed by atoms with Crippen LogP contribution in [-0.2, 0) is 16.0 Å². The molecule has 0 spiro atoms. The molecular formula is C28H36F3NO4. The fraction of sp³-hybridized carbons (Fsp3) is 0.464. The maximum Gasteiger partial charge on any atom is 0.330 e. The number of carbonyl (C=O) groups excluding carboxylic acids is 1. The minimum absolute atomic E-state index is 0.108. The Morgan fingerprint density at radius 3 is 2.17 bits per heavy atom. The van der Waals surface area contributed by atoms with Crippen LogP contribution < -0.4 is 0 Å². The smallest absolute Gasteiger partial charge is 0.330 e. The molecule has 0 fully saturated rings. The lowest BCUT2D eigenvalue weighted by molar-refractivity contribution is -0.134. The summed E-state index contributed by atoms with van der Waals surface area (Å²) in [5.41, 5.74) is -0.844. The summed E-state index contributed by atoms with van der Waals surface area (Å²) in [6.45, 7) is 11.0. The fourth-order valence-electron chi connectivity index (χ4n) is 4.13. The van der Waals surface area contributed by atoms with Gasteiger partial charge in [-0.3, -0.25) is 4.90 Å². The van der Waals surface area contributed by atoms with Crippen molar-refractivity contribution in [3.8, 4) is 11.5 Å². The number of hydrogen-bond acceptors (Lipinski definition) is 5. The van der Waals surface area contributed by atoms with Crippen LogP contribution >= 0.6 is 0 Å². The Balaban J connectivity index is 0.00000106. The summed E-state index contributed by atoms with van der Waals surface area (Å²) >= 11 is 0. The molecule has 8 heteroatoms. The van der Waals surface area contributed by atoms with Gasteiger partial charge in [0.15, 0.2) is 11.5 Å². The molecule has 0 aliphatic carbocycles. The van der Waals surface area contributed by atoms with Crippen molar-refractivity contribution in [2.45, 2.75) is 65.7 Å². The van der Waals surface area contributed by atoms with Crippen LogP contribution in [-0.4, -0.2) is 46.4 Å². The van der Waals surface area contributed by atoms with Gasteiger partial charge in [-0.05, 0) is 80.1 Å². The second-order valence-corrected chi connectivity index (χ2v) is 10.4. The number of carbonyl (C=O) groups is 1. The molecule has 0 saturated heterocycles. The van der Waals surface area contributed by atoms with Gasteiger partial charge in [-0.2, -0.15) is 0 Å². The van der Waals surface area contributed by atoms with Crippen LogP contribution in [0.3, 0.4) is 0 Å². The number of benzene rings is 2. The summed E-state index contributed by atoms with van der Waals surface area (Å²) in [4.78, 5) is 13.0. The summed E-state index contributed by atoms with van der Waals surface area (Å²) < 4.78 is 49.7. The number of aromatic hydroxyl groups is 2. The van der Waals surface area contributed by atoms with Gasteiger partial charge in [-0.1, -0.05) is 20.8 Å². The Morgan fingerprint density at radius 1 is 1.14 bits per heavy atom. The average molecular weight is 508 g/mol. The third-order valence-electron chi connectivity index (χ3n) is 5.49. The van der Waals surface area contributed by atoms with E-state index in [0.717, 1.165) is 24.1 Å². The van der Waals surface area contributed by atoms with Crippen molar-refractivity contribution in [1.82, 2.24) is 4.90 Å². The SMILES string of the molecule is CC(C)C.COC(=O)/C=C/c1cc(F)c(C2c3cc(O)c(O)cc3CC(C)N2CC(C)(C)F)c(F)c1. The fourth-order valence-corrected chi connectivity index (χ4v) is 4.13. The van der Waals surface area contributed by atoms with E-state index in [9.17, 15) is 19.4 Å². The highest BCUT2D eigenvalue weighted by atomic mass is 19.1. The minimum Gasteiger partial charge on any atom is -0.504 e. The summed E-state index contributed by atoms with van der Waals surface area (Å²) in [6, 6.07) is 3.46. The molecule has 1 aliphatic heterocycles. The topological polar surface area (TPSA) is 70.0 Å². The molecule has 2 aromatic rings. The quantitative estimate of drug-likeness (QED) is 0.282. The van der Waals surface area contributed by atoms with E-state index in [2.05, 4.69) is 25.5 Å². The van der Waals surface area contributed by atoms with Crippen molar-refractivity contribution in [3.63, 3.8) is 0 Å². The second-order valence-electron chi connectivity index (χ2n) is 10.4. The van der Waals surface area contributed by atoms with E-state index in [1.165, 1.54) is 39.2 Å². The van der Waals surface area contributed by atoms with Crippen LogP contribution in [0.15, 0.2) is 30.3 Å². The van der Waals surface area contributed by atoms with Crippen molar-refractivity contribution < 1.29 is 32.9 Å². The van der Waals surface area contributed by atoms with E-state index in [-0.39, 0.29) is 29.5 Å². The number of alkyl halides is 1. The van der Waals surface area contributed by atoms with Gasteiger partial charge in [0.05, 0.1) is 13.2 Å². The van der Waals surface area contributed by atoms with Crippen molar-refractivity contribution in [2.75, 3.05) is 13.7 Å². The van der Waals surface area contributed by atoms with Crippen LogP contribution in [0.25, 0.3) is 6.08 Å². The lowest BCUT2D eigenvalue weighted by Crippen LogP contribution is -2.48. The van der Waals surface area contributed by atoms with E-state index >= 15 is 8.78 Å². The number of methoxy groups -OCH3 is 1. The number of phenols is 2. The van der Waals surface area contributed by atoms with E-state index in [1.54, 1.807) is 4.90 Å². The molecule has 0 radical (unpaired) electrons. The maximum atomic E-state index is 15.3. The molecule has 0 amide bonds. The summed E-state index contributed by atoms with van der Waals surface area (Å²) in [5, 5.41) is 20.0. The summed E-state index contributed by atoms with van der Waals surface area (Å²) in [7, 11) is 1.19. The number of esters is 1. The zero-order chi connectivity index (χ0) is 27.4. The van der Waals surface area contributed by atoms with Gasteiger partial charge in [0.25, 0.3) is 0 Å². The zero-order valence-corrected chi connectivity index (χ0v) is 21.9. The Morgan fingerprint density at radius 2 is 1.67 bits per heavy atom. The molecule has 2 N–H and O–H groups in total. The number of fused-ring (bicyclic) bond motifs is 1. The minimum atomic E-state index is -1.65. The van der Waals surface area contributed by atoms with Gasteiger partial charge in [0.2, 0.25) is 0 Å². The van der Waals surface area contributed by atoms with E-state index < -0.39 is 35.1 Å². The lowest BCUT2D eigenvalue weighted by Gasteiger charge is -2.44. The van der Waals surface area contributed by atoms with E-state index in [0.29, 0.717) is 17.5 Å². The van der Waals surface area contributed by atoms with Crippen molar-refractivity contribution in [3.05, 3.63) is 64.2 Å². The third-order valence-corrected chi connectivity index (χ3v) is 5.49. The van der Waals surface area contributed by atoms with Crippen molar-refractivity contribution >= 4 is 12.0 Å². The van der Waals surface area contributed by atoms with Crippen LogP contribution in [0.5, 0.6) is 11.5 Å². The number of hydrogen-bond donors (Lipinski definition) is 2. The molecule has 2 aromatic carbocycles. The van der Waals surface area contributed by atoms with Gasteiger partial charge in [-0.15, -0.1) is 0 Å². The van der Waals surface area contributed by atoms with E-state index in [1.807, 2.05) is 6.92 Å². The number of nitrogens with zero attached hydrogens (tertiary/aromatic N) is 1. The first kappa shape index (κ1) is 29.2. The highest BCUT2D eigenvalue weighted by Crippen LogP contribution is 2.44. The van der Waals surface area contributed by atoms with Gasteiger partial charge in [0.1, 0.15) is 17.3 Å². The third kappa shape index (κ3) is 7.50. The molecule has 36 heavy (non-hydrogen) atoms. The number of ether oxygens (including phenoxy) is 1. The Bertz CT molecular complexity index is 1080. The molecule has 1 heterocycles. The highest BCUT2D eigenvalue weighted by molar-refractivity contribution is 5.86. The first-order valence-corrected chi connectivity index (χ1v) is 11.9. The average Bonchev–Trinajstić information content (AvgIpc) is 2.74. The molecule has 198 valence electrons. The predicted octanol–water partition coefficient (Wildman–Crippen LogP) is 6.31. The lowest BCUT2D eigenvalue weighted by atomic mass is 9.83. The number of halogens is 3. The van der Waals surface area contributed by atoms with Crippen LogP contribution in [0, 0.1) is 17.6 Å². The summed E-state index contributed by atoms with van der Waals surface area (Å²) in [6.07, 6.45) is 2.68. The maximum absolute atomic E-state index is 15.3. The van der Waals surface area contributed by atoms with Crippen LogP contribution in [0.1, 0.15) is 69.8 Å². The molecule has 0 saturated carbocycles. The Hall–Kier alpha value is -3.00. The molecule has 2 atom stereocenters. The molecule has 5 nitrogen and oxygen atoms in total. The zero-order valence-electron chi connectivity index (χ0n) is 21.9. The van der Waals surface area contributed by atoms with Gasteiger partial charge in [0, 0.05) is 24.2 Å². The molecule has 2 unspecified atom stereocenters. The molecule has 1 aliphatic rings. The molecule has 3 rings (SSSR count). The van der Waals surface area contributed by atoms with Crippen molar-refractivity contribution in [1.29, 1.82) is 0 Å². The molecular weight excluding hydrogens is 471 g/mol. The normalized spacial score (nSPS) is 18.1. The molecule has 0 bridgehead atoms. The Labute approximate surface area is 211 Å². The standard InChI is InChI=1S/C24H26F3NO4.C4H10/c1-13-7-15-10-19(29)20(30)11-16(15)23(28(13)12-24(2,3)27)22-17(25)8-14(9-18(22)26)5-6-21(31)32-4;1-4(2)3/h5-6,8-11,13,23,29-30H,7,12H2,1-4H3;4H,1-3H3/b6-5+;. The van der Waals surface area contributed by atoms with E-state index in [4.69, 9.17) is 0 Å². The number of rotatable bonds is 5. The van der Waals surface area contributed by atoms with Gasteiger partial charge >= 0.3 is 5.97 Å². The largest absolute Gasteiger partial charge is 0.504 e. The van der Waals surface area contributed by atoms with Gasteiger partial charge < -0.3 is 14.9 Å². The second kappa shape index (κ2) is 11.8. The predicted molar refractivity (Wildman–Crippen MR) is 135 cm³/mol. The van der Waals surface area contributed by atoms with Crippen LogP contribution in [0.4, 0.5) is 13.2 Å². The monoisotopic (exact) mass is 507 g/mol. The highest BCUT2D eigenvalue weighted by Gasteiger charge is 2.39. The first-order chi connectivity index (χ1) is 16.6. The summed E-state index contributed by atoms with van der Waals surface area (Å²) in [5.74, 6) is -2.36. The first-order valence-electron chi connectivity index (χ1n) is 11.9. The van der Waals surface area contributed by atoms with Crippen molar-refractivity contribution in [2.24, 2.45) is 5.92 Å². The number of phenolic OH excluding ortho intramolecular Hbond substituents is 2. The Kier molecular flexibility index (Phi) is 9.60. The molecule has 0 aromatic heterocycles. The van der Waals surface area contributed by atoms with Gasteiger partial charge in [-0.25, -0.2) is 18.0 Å². The van der Waals surface area contributed by atoms with Crippen LogP contribution in [0.2, 0.25) is 0 Å².